The van der Waals surface area contributed by atoms with E-state index >= 15 is 0 Å². The second kappa shape index (κ2) is 4.94. The van der Waals surface area contributed by atoms with Crippen LogP contribution >= 0.6 is 0 Å². The van der Waals surface area contributed by atoms with E-state index < -0.39 is 0 Å². The highest BCUT2D eigenvalue weighted by atomic mass is 16.3. The standard InChI is InChI=1S/C14H21NO2/c1-9-5-4-6-12(11(9)3)15-14(16)13-8-7-10(2)17-13/h7-9,11-12H,4-6H2,1-3H3,(H,15,16)/t9-,11+,12-/m1/s1. The molecule has 0 unspecified atom stereocenters. The summed E-state index contributed by atoms with van der Waals surface area (Å²) in [5, 5.41) is 3.10. The van der Waals surface area contributed by atoms with Crippen molar-refractivity contribution < 1.29 is 9.21 Å². The van der Waals surface area contributed by atoms with Crippen LogP contribution < -0.4 is 5.32 Å². The molecule has 1 aromatic heterocycles. The van der Waals surface area contributed by atoms with Gasteiger partial charge in [0, 0.05) is 6.04 Å². The van der Waals surface area contributed by atoms with Crippen molar-refractivity contribution in [2.75, 3.05) is 0 Å². The van der Waals surface area contributed by atoms with Crippen molar-refractivity contribution in [3.8, 4) is 0 Å². The minimum atomic E-state index is -0.0796. The van der Waals surface area contributed by atoms with Crippen LogP contribution in [0.2, 0.25) is 0 Å². The Morgan fingerprint density at radius 2 is 2.12 bits per heavy atom. The van der Waals surface area contributed by atoms with Gasteiger partial charge in [0.1, 0.15) is 5.76 Å². The average Bonchev–Trinajstić information content (AvgIpc) is 2.72. The van der Waals surface area contributed by atoms with Crippen LogP contribution in [0.5, 0.6) is 0 Å². The van der Waals surface area contributed by atoms with Crippen LogP contribution in [0.25, 0.3) is 0 Å². The zero-order valence-corrected chi connectivity index (χ0v) is 10.8. The van der Waals surface area contributed by atoms with Gasteiger partial charge < -0.3 is 9.73 Å². The summed E-state index contributed by atoms with van der Waals surface area (Å²) in [4.78, 5) is 12.0. The minimum absolute atomic E-state index is 0.0796. The van der Waals surface area contributed by atoms with E-state index in [4.69, 9.17) is 4.42 Å². The van der Waals surface area contributed by atoms with Gasteiger partial charge >= 0.3 is 0 Å². The number of nitrogens with one attached hydrogen (secondary N) is 1. The Bertz CT molecular complexity index is 397. The molecule has 3 heteroatoms. The predicted octanol–water partition coefficient (Wildman–Crippen LogP) is 3.14. The van der Waals surface area contributed by atoms with Crippen molar-refractivity contribution in [2.45, 2.75) is 46.1 Å². The molecular weight excluding hydrogens is 214 g/mol. The molecule has 1 saturated carbocycles. The lowest BCUT2D eigenvalue weighted by Crippen LogP contribution is -2.43. The molecule has 0 bridgehead atoms. The quantitative estimate of drug-likeness (QED) is 0.855. The van der Waals surface area contributed by atoms with Gasteiger partial charge in [-0.15, -0.1) is 0 Å². The van der Waals surface area contributed by atoms with E-state index in [1.165, 1.54) is 12.8 Å². The highest BCUT2D eigenvalue weighted by Gasteiger charge is 2.28. The number of furan rings is 1. The monoisotopic (exact) mass is 235 g/mol. The molecule has 17 heavy (non-hydrogen) atoms. The molecule has 1 N–H and O–H groups in total. The average molecular weight is 235 g/mol. The summed E-state index contributed by atoms with van der Waals surface area (Å²) >= 11 is 0. The maximum absolute atomic E-state index is 12.0. The SMILES string of the molecule is Cc1ccc(C(=O)N[C@@H]2CCC[C@@H](C)[C@@H]2C)o1. The molecular formula is C14H21NO2. The van der Waals surface area contributed by atoms with Gasteiger partial charge in [-0.25, -0.2) is 0 Å². The van der Waals surface area contributed by atoms with Gasteiger partial charge in [0.25, 0.3) is 5.91 Å². The molecule has 1 aromatic rings. The van der Waals surface area contributed by atoms with Gasteiger partial charge in [-0.2, -0.15) is 0 Å². The van der Waals surface area contributed by atoms with Crippen molar-refractivity contribution in [1.82, 2.24) is 5.32 Å². The molecule has 1 aliphatic rings. The molecule has 2 rings (SSSR count). The molecule has 0 aliphatic heterocycles. The lowest BCUT2D eigenvalue weighted by atomic mass is 9.78. The molecule has 94 valence electrons. The molecule has 0 aromatic carbocycles. The van der Waals surface area contributed by atoms with E-state index in [2.05, 4.69) is 19.2 Å². The minimum Gasteiger partial charge on any atom is -0.456 e. The Balaban J connectivity index is 1.98. The van der Waals surface area contributed by atoms with Crippen LogP contribution in [0.1, 0.15) is 49.4 Å². The van der Waals surface area contributed by atoms with Crippen molar-refractivity contribution >= 4 is 5.91 Å². The first-order valence-electron chi connectivity index (χ1n) is 6.45. The molecule has 1 aliphatic carbocycles. The summed E-state index contributed by atoms with van der Waals surface area (Å²) in [7, 11) is 0. The Labute approximate surface area is 103 Å². The van der Waals surface area contributed by atoms with E-state index in [9.17, 15) is 4.79 Å². The Kier molecular flexibility index (Phi) is 3.55. The molecule has 0 radical (unpaired) electrons. The Morgan fingerprint density at radius 3 is 2.76 bits per heavy atom. The lowest BCUT2D eigenvalue weighted by molar-refractivity contribution is 0.0861. The van der Waals surface area contributed by atoms with Gasteiger partial charge in [-0.05, 0) is 37.3 Å². The van der Waals surface area contributed by atoms with E-state index in [1.807, 2.05) is 13.0 Å². The van der Waals surface area contributed by atoms with Crippen LogP contribution in [0.3, 0.4) is 0 Å². The summed E-state index contributed by atoms with van der Waals surface area (Å²) in [5.74, 6) is 2.35. The number of carbonyl (C=O) groups is 1. The molecule has 3 nitrogen and oxygen atoms in total. The maximum atomic E-state index is 12.0. The fourth-order valence-corrected chi connectivity index (χ4v) is 2.58. The van der Waals surface area contributed by atoms with Crippen LogP contribution in [0.15, 0.2) is 16.5 Å². The van der Waals surface area contributed by atoms with Crippen molar-refractivity contribution in [2.24, 2.45) is 11.8 Å². The largest absolute Gasteiger partial charge is 0.456 e. The summed E-state index contributed by atoms with van der Waals surface area (Å²) in [5.41, 5.74) is 0. The van der Waals surface area contributed by atoms with E-state index in [0.717, 1.165) is 12.2 Å². The van der Waals surface area contributed by atoms with Crippen LogP contribution in [-0.4, -0.2) is 11.9 Å². The van der Waals surface area contributed by atoms with E-state index in [0.29, 0.717) is 17.6 Å². The molecule has 3 atom stereocenters. The highest BCUT2D eigenvalue weighted by molar-refractivity contribution is 5.91. The number of rotatable bonds is 2. The first-order valence-corrected chi connectivity index (χ1v) is 6.45. The number of carbonyl (C=O) groups excluding carboxylic acids is 1. The Morgan fingerprint density at radius 1 is 1.35 bits per heavy atom. The second-order valence-electron chi connectivity index (χ2n) is 5.26. The molecule has 1 heterocycles. The van der Waals surface area contributed by atoms with E-state index in [-0.39, 0.29) is 11.9 Å². The fraction of sp³-hybridized carbons (Fsp3) is 0.643. The first kappa shape index (κ1) is 12.2. The van der Waals surface area contributed by atoms with Gasteiger partial charge in [0.15, 0.2) is 5.76 Å². The third-order valence-electron chi connectivity index (χ3n) is 3.99. The summed E-state index contributed by atoms with van der Waals surface area (Å²) in [6.45, 7) is 6.34. The molecule has 1 fully saturated rings. The summed E-state index contributed by atoms with van der Waals surface area (Å²) in [6, 6.07) is 3.85. The highest BCUT2D eigenvalue weighted by Crippen LogP contribution is 2.29. The van der Waals surface area contributed by atoms with Crippen molar-refractivity contribution in [3.05, 3.63) is 23.7 Å². The van der Waals surface area contributed by atoms with E-state index in [1.54, 1.807) is 6.07 Å². The molecule has 0 saturated heterocycles. The van der Waals surface area contributed by atoms with Crippen molar-refractivity contribution in [3.63, 3.8) is 0 Å². The number of amides is 1. The zero-order valence-electron chi connectivity index (χ0n) is 10.8. The van der Waals surface area contributed by atoms with Crippen LogP contribution in [0, 0.1) is 18.8 Å². The predicted molar refractivity (Wildman–Crippen MR) is 66.9 cm³/mol. The third-order valence-corrected chi connectivity index (χ3v) is 3.99. The summed E-state index contributed by atoms with van der Waals surface area (Å²) in [6.07, 6.45) is 3.55. The second-order valence-corrected chi connectivity index (χ2v) is 5.26. The normalized spacial score (nSPS) is 29.0. The molecule has 0 spiro atoms. The van der Waals surface area contributed by atoms with Gasteiger partial charge in [0.2, 0.25) is 0 Å². The number of hydrogen-bond donors (Lipinski definition) is 1. The van der Waals surface area contributed by atoms with Gasteiger partial charge in [-0.3, -0.25) is 4.79 Å². The fourth-order valence-electron chi connectivity index (χ4n) is 2.58. The maximum Gasteiger partial charge on any atom is 0.287 e. The van der Waals surface area contributed by atoms with Crippen molar-refractivity contribution in [1.29, 1.82) is 0 Å². The zero-order chi connectivity index (χ0) is 12.4. The third kappa shape index (κ3) is 2.71. The van der Waals surface area contributed by atoms with Crippen LogP contribution in [0.4, 0.5) is 0 Å². The first-order chi connectivity index (χ1) is 8.08. The number of hydrogen-bond acceptors (Lipinski definition) is 2. The van der Waals surface area contributed by atoms with Gasteiger partial charge in [0.05, 0.1) is 0 Å². The van der Waals surface area contributed by atoms with Crippen LogP contribution in [-0.2, 0) is 0 Å². The molecule has 1 amide bonds. The summed E-state index contributed by atoms with van der Waals surface area (Å²) < 4.78 is 5.34. The van der Waals surface area contributed by atoms with Gasteiger partial charge in [-0.1, -0.05) is 26.7 Å². The smallest absolute Gasteiger partial charge is 0.287 e. The Hall–Kier alpha value is -1.25. The number of aryl methyl sites for hydroxylation is 1. The lowest BCUT2D eigenvalue weighted by Gasteiger charge is -2.34. The topological polar surface area (TPSA) is 42.2 Å².